The number of amides is 2. The van der Waals surface area contributed by atoms with Gasteiger partial charge in [-0.2, -0.15) is 0 Å². The molecule has 0 aliphatic rings. The second-order valence-corrected chi connectivity index (χ2v) is 3.68. The molecule has 0 spiro atoms. The quantitative estimate of drug-likeness (QED) is 0.626. The zero-order valence-electron chi connectivity index (χ0n) is 10.8. The molecule has 2 amide bonds. The molecule has 4 N–H and O–H groups in total. The minimum Gasteiger partial charge on any atom is -0.494 e. The van der Waals surface area contributed by atoms with Gasteiger partial charge in [-0.1, -0.05) is 12.1 Å². The topological polar surface area (TPSA) is 93.9 Å². The number of para-hydroxylation sites is 1. The van der Waals surface area contributed by atoms with E-state index >= 15 is 0 Å². The molecule has 6 heteroatoms. The lowest BCUT2D eigenvalue weighted by Crippen LogP contribution is -2.44. The molecule has 6 nitrogen and oxygen atoms in total. The van der Waals surface area contributed by atoms with Crippen molar-refractivity contribution in [2.75, 3.05) is 13.7 Å². The van der Waals surface area contributed by atoms with Gasteiger partial charge in [0.1, 0.15) is 11.4 Å². The molecule has 0 aliphatic heterocycles. The van der Waals surface area contributed by atoms with Crippen LogP contribution in [0, 0.1) is 6.92 Å². The van der Waals surface area contributed by atoms with Crippen LogP contribution in [-0.2, 0) is 0 Å². The Morgan fingerprint density at radius 3 is 2.61 bits per heavy atom. The third-order valence-electron chi connectivity index (χ3n) is 2.51. The van der Waals surface area contributed by atoms with E-state index < -0.39 is 6.03 Å². The van der Waals surface area contributed by atoms with Crippen LogP contribution >= 0.6 is 0 Å². The van der Waals surface area contributed by atoms with Gasteiger partial charge in [-0.15, -0.1) is 0 Å². The molecule has 1 aromatic rings. The van der Waals surface area contributed by atoms with Crippen molar-refractivity contribution in [1.29, 1.82) is 0 Å². The fourth-order valence-corrected chi connectivity index (χ4v) is 1.55. The predicted octanol–water partition coefficient (Wildman–Crippen LogP) is 1.35. The van der Waals surface area contributed by atoms with Crippen molar-refractivity contribution >= 4 is 17.7 Å². The summed E-state index contributed by atoms with van der Waals surface area (Å²) in [6.07, 6.45) is 0. The monoisotopic (exact) mass is 250 g/mol. The van der Waals surface area contributed by atoms with E-state index in [-0.39, 0.29) is 5.96 Å². The zero-order chi connectivity index (χ0) is 13.7. The van der Waals surface area contributed by atoms with E-state index in [0.29, 0.717) is 18.0 Å². The van der Waals surface area contributed by atoms with Gasteiger partial charge >= 0.3 is 6.03 Å². The summed E-state index contributed by atoms with van der Waals surface area (Å²) in [4.78, 5) is 16.6. The standard InChI is InChI=1S/C12H18N4O2/c1-4-16(12(14)17)11(13)15-10-8(2)6-5-7-9(10)18-3/h5-7H,4H2,1-3H3,(H2,13,15)(H2,14,17). The van der Waals surface area contributed by atoms with E-state index in [9.17, 15) is 4.79 Å². The molecule has 0 unspecified atom stereocenters. The number of benzene rings is 1. The second kappa shape index (κ2) is 5.90. The van der Waals surface area contributed by atoms with Crippen molar-refractivity contribution in [3.63, 3.8) is 0 Å². The summed E-state index contributed by atoms with van der Waals surface area (Å²) >= 11 is 0. The van der Waals surface area contributed by atoms with Gasteiger partial charge in [0, 0.05) is 6.54 Å². The van der Waals surface area contributed by atoms with Crippen LogP contribution in [0.3, 0.4) is 0 Å². The maximum absolute atomic E-state index is 11.2. The highest BCUT2D eigenvalue weighted by atomic mass is 16.5. The first kappa shape index (κ1) is 13.8. The number of ether oxygens (including phenoxy) is 1. The van der Waals surface area contributed by atoms with Crippen LogP contribution in [-0.4, -0.2) is 30.5 Å². The summed E-state index contributed by atoms with van der Waals surface area (Å²) in [6, 6.07) is 4.88. The van der Waals surface area contributed by atoms with Crippen molar-refractivity contribution in [1.82, 2.24) is 4.90 Å². The van der Waals surface area contributed by atoms with E-state index in [1.165, 1.54) is 4.90 Å². The van der Waals surface area contributed by atoms with Gasteiger partial charge in [0.05, 0.1) is 7.11 Å². The number of primary amides is 1. The van der Waals surface area contributed by atoms with E-state index in [2.05, 4.69) is 4.99 Å². The molecule has 1 aromatic carbocycles. The molecule has 0 radical (unpaired) electrons. The number of carbonyl (C=O) groups excluding carboxylic acids is 1. The van der Waals surface area contributed by atoms with Crippen LogP contribution in [0.2, 0.25) is 0 Å². The maximum Gasteiger partial charge on any atom is 0.321 e. The molecule has 1 rings (SSSR count). The first-order chi connectivity index (χ1) is 8.51. The summed E-state index contributed by atoms with van der Waals surface area (Å²) in [5, 5.41) is 0. The van der Waals surface area contributed by atoms with Gasteiger partial charge in [-0.3, -0.25) is 4.90 Å². The highest BCUT2D eigenvalue weighted by Crippen LogP contribution is 2.30. The molecule has 0 bridgehead atoms. The number of hydrogen-bond donors (Lipinski definition) is 2. The Morgan fingerprint density at radius 2 is 2.11 bits per heavy atom. The molecule has 0 aliphatic carbocycles. The first-order valence-corrected chi connectivity index (χ1v) is 5.56. The molecule has 0 saturated heterocycles. The van der Waals surface area contributed by atoms with E-state index in [1.807, 2.05) is 19.1 Å². The Bertz CT molecular complexity index is 471. The molecular formula is C12H18N4O2. The van der Waals surface area contributed by atoms with Gasteiger partial charge in [-0.25, -0.2) is 9.79 Å². The predicted molar refractivity (Wildman–Crippen MR) is 71.0 cm³/mol. The number of aliphatic imine (C=N–C) groups is 1. The zero-order valence-corrected chi connectivity index (χ0v) is 10.8. The Kier molecular flexibility index (Phi) is 4.53. The lowest BCUT2D eigenvalue weighted by Gasteiger charge is -2.17. The molecule has 0 heterocycles. The fraction of sp³-hybridized carbons (Fsp3) is 0.333. The molecule has 0 saturated carbocycles. The molecule has 0 aromatic heterocycles. The van der Waals surface area contributed by atoms with Crippen LogP contribution < -0.4 is 16.2 Å². The maximum atomic E-state index is 11.2. The molecular weight excluding hydrogens is 232 g/mol. The number of nitrogens with two attached hydrogens (primary N) is 2. The lowest BCUT2D eigenvalue weighted by molar-refractivity contribution is 0.231. The number of urea groups is 1. The molecule has 0 fully saturated rings. The number of guanidine groups is 1. The average Bonchev–Trinajstić information content (AvgIpc) is 2.32. The molecule has 18 heavy (non-hydrogen) atoms. The van der Waals surface area contributed by atoms with Crippen LogP contribution in [0.5, 0.6) is 5.75 Å². The third-order valence-corrected chi connectivity index (χ3v) is 2.51. The number of carbonyl (C=O) groups is 1. The van der Waals surface area contributed by atoms with Crippen molar-refractivity contribution in [3.8, 4) is 5.75 Å². The van der Waals surface area contributed by atoms with Gasteiger partial charge in [-0.05, 0) is 25.5 Å². The second-order valence-electron chi connectivity index (χ2n) is 3.68. The van der Waals surface area contributed by atoms with Gasteiger partial charge in [0.25, 0.3) is 0 Å². The summed E-state index contributed by atoms with van der Waals surface area (Å²) in [5.41, 5.74) is 12.5. The van der Waals surface area contributed by atoms with Gasteiger partial charge in [0.2, 0.25) is 5.96 Å². The SMILES string of the molecule is CCN(C(N)=O)C(N)=Nc1c(C)cccc1OC. The summed E-state index contributed by atoms with van der Waals surface area (Å²) in [6.45, 7) is 4.01. The summed E-state index contributed by atoms with van der Waals surface area (Å²) in [7, 11) is 1.55. The van der Waals surface area contributed by atoms with Gasteiger partial charge < -0.3 is 16.2 Å². The number of methoxy groups -OCH3 is 1. The number of nitrogens with zero attached hydrogens (tertiary/aromatic N) is 2. The first-order valence-electron chi connectivity index (χ1n) is 5.56. The molecule has 0 atom stereocenters. The van der Waals surface area contributed by atoms with E-state index in [1.54, 1.807) is 20.1 Å². The van der Waals surface area contributed by atoms with Crippen LogP contribution in [0.1, 0.15) is 12.5 Å². The van der Waals surface area contributed by atoms with Gasteiger partial charge in [0.15, 0.2) is 0 Å². The van der Waals surface area contributed by atoms with E-state index in [4.69, 9.17) is 16.2 Å². The Morgan fingerprint density at radius 1 is 1.44 bits per heavy atom. The van der Waals surface area contributed by atoms with Crippen molar-refractivity contribution in [2.45, 2.75) is 13.8 Å². The fourth-order valence-electron chi connectivity index (χ4n) is 1.55. The molecule has 98 valence electrons. The van der Waals surface area contributed by atoms with Crippen LogP contribution in [0.15, 0.2) is 23.2 Å². The normalized spacial score (nSPS) is 11.2. The van der Waals surface area contributed by atoms with Crippen LogP contribution in [0.25, 0.3) is 0 Å². The Labute approximate surface area is 106 Å². The smallest absolute Gasteiger partial charge is 0.321 e. The average molecular weight is 250 g/mol. The lowest BCUT2D eigenvalue weighted by atomic mass is 10.2. The highest BCUT2D eigenvalue weighted by molar-refractivity contribution is 5.96. The van der Waals surface area contributed by atoms with Crippen molar-refractivity contribution < 1.29 is 9.53 Å². The van der Waals surface area contributed by atoms with Crippen LogP contribution in [0.4, 0.5) is 10.5 Å². The Hall–Kier alpha value is -2.24. The van der Waals surface area contributed by atoms with Crippen molar-refractivity contribution in [3.05, 3.63) is 23.8 Å². The summed E-state index contributed by atoms with van der Waals surface area (Å²) < 4.78 is 5.20. The minimum atomic E-state index is -0.633. The third kappa shape index (κ3) is 2.91. The van der Waals surface area contributed by atoms with E-state index in [0.717, 1.165) is 5.56 Å². The Balaban J connectivity index is 3.19. The highest BCUT2D eigenvalue weighted by Gasteiger charge is 2.13. The largest absolute Gasteiger partial charge is 0.494 e. The van der Waals surface area contributed by atoms with Crippen molar-refractivity contribution in [2.24, 2.45) is 16.5 Å². The summed E-state index contributed by atoms with van der Waals surface area (Å²) in [5.74, 6) is 0.649. The number of hydrogen-bond acceptors (Lipinski definition) is 3. The number of rotatable bonds is 3. The number of aryl methyl sites for hydroxylation is 1. The minimum absolute atomic E-state index is 0.0533.